The van der Waals surface area contributed by atoms with Crippen LogP contribution in [0.2, 0.25) is 0 Å². The number of unbranched alkanes of at least 4 members (excludes halogenated alkanes) is 12. The molecule has 7 heteroatoms. The topological polar surface area (TPSA) is 113 Å². The predicted molar refractivity (Wildman–Crippen MR) is 122 cm³/mol. The monoisotopic (exact) mass is 434 g/mol. The Bertz CT molecular complexity index is 362. The molecule has 0 radical (unpaired) electrons. The van der Waals surface area contributed by atoms with E-state index >= 15 is 0 Å². The summed E-state index contributed by atoms with van der Waals surface area (Å²) in [6.07, 6.45) is 18.4. The molecule has 0 spiro atoms. The molecule has 0 amide bonds. The number of nitrogens with zero attached hydrogens (tertiary/aromatic N) is 1. The van der Waals surface area contributed by atoms with Gasteiger partial charge in [0.05, 0.1) is 6.04 Å². The Morgan fingerprint density at radius 2 is 1.23 bits per heavy atom. The van der Waals surface area contributed by atoms with Gasteiger partial charge >= 0.3 is 5.97 Å². The van der Waals surface area contributed by atoms with Gasteiger partial charge in [0.25, 0.3) is 0 Å². The molecule has 0 bridgehead atoms. The van der Waals surface area contributed by atoms with Gasteiger partial charge in [-0.15, -0.1) is 0 Å². The summed E-state index contributed by atoms with van der Waals surface area (Å²) < 4.78 is 0. The quantitative estimate of drug-likeness (QED) is 0.1000. The zero-order valence-corrected chi connectivity index (χ0v) is 19.9. The van der Waals surface area contributed by atoms with Crippen LogP contribution in [0.1, 0.15) is 124 Å². The number of carboxylic acids is 1. The summed E-state index contributed by atoms with van der Waals surface area (Å²) in [6, 6.07) is -0.126. The Balaban J connectivity index is 0. The summed E-state index contributed by atoms with van der Waals surface area (Å²) >= 11 is 0. The van der Waals surface area contributed by atoms with Gasteiger partial charge in [0.1, 0.15) is 0 Å². The van der Waals surface area contributed by atoms with Gasteiger partial charge in [-0.05, 0) is 25.8 Å². The lowest BCUT2D eigenvalue weighted by Crippen LogP contribution is -2.46. The zero-order valence-electron chi connectivity index (χ0n) is 19.9. The van der Waals surface area contributed by atoms with Gasteiger partial charge in [0.15, 0.2) is 6.54 Å². The first-order valence-corrected chi connectivity index (χ1v) is 12.3. The smallest absolute Gasteiger partial charge is 0.303 e. The number of carboxylic acid groups (broad SMARTS) is 1. The maximum Gasteiger partial charge on any atom is 0.303 e. The van der Waals surface area contributed by atoms with Crippen LogP contribution in [0.5, 0.6) is 0 Å². The zero-order chi connectivity index (χ0) is 23.1. The van der Waals surface area contributed by atoms with Crippen molar-refractivity contribution < 1.29 is 25.3 Å². The van der Waals surface area contributed by atoms with Crippen molar-refractivity contribution in [1.29, 1.82) is 0 Å². The maximum absolute atomic E-state index is 10.6. The van der Waals surface area contributed by atoms with E-state index in [0.29, 0.717) is 6.42 Å². The third kappa shape index (κ3) is 29.5. The van der Waals surface area contributed by atoms with E-state index in [9.17, 15) is 10.0 Å². The highest BCUT2D eigenvalue weighted by Gasteiger charge is 2.17. The lowest BCUT2D eigenvalue weighted by atomic mass is 10.1. The van der Waals surface area contributed by atoms with Crippen molar-refractivity contribution in [3.05, 3.63) is 5.21 Å². The van der Waals surface area contributed by atoms with Crippen LogP contribution in [0.15, 0.2) is 0 Å². The highest BCUT2D eigenvalue weighted by atomic mass is 17.1. The molecule has 182 valence electrons. The Hall–Kier alpha value is -0.730. The molecular formula is C23H50N2O5. The average Bonchev–Trinajstić information content (AvgIpc) is 2.68. The van der Waals surface area contributed by atoms with Crippen molar-refractivity contribution >= 4 is 5.97 Å². The Labute approximate surface area is 184 Å². The van der Waals surface area contributed by atoms with Crippen LogP contribution >= 0.6 is 0 Å². The van der Waals surface area contributed by atoms with Crippen molar-refractivity contribution in [3.63, 3.8) is 0 Å². The molecule has 1 unspecified atom stereocenters. The number of nitrogens with one attached hydrogen (secondary N) is 1. The maximum atomic E-state index is 10.6. The molecule has 4 N–H and O–H groups in total. The first-order valence-electron chi connectivity index (χ1n) is 12.3. The molecule has 0 aromatic heterocycles. The number of hydrogen-bond acceptors (Lipinski definition) is 5. The SMILES string of the molecule is CCCCCCCCCCCCCC(=O)O.CCCCCNC(CC)C[N+]([O-])(O)O. The van der Waals surface area contributed by atoms with E-state index in [1.807, 2.05) is 6.92 Å². The highest BCUT2D eigenvalue weighted by molar-refractivity contribution is 5.66. The fraction of sp³-hybridized carbons (Fsp3) is 0.957. The minimum absolute atomic E-state index is 0.126. The number of carbonyl (C=O) groups is 1. The van der Waals surface area contributed by atoms with Crippen molar-refractivity contribution in [2.45, 2.75) is 130 Å². The van der Waals surface area contributed by atoms with Crippen molar-refractivity contribution in [1.82, 2.24) is 5.32 Å². The van der Waals surface area contributed by atoms with Crippen molar-refractivity contribution in [3.8, 4) is 0 Å². The molecule has 0 aromatic carbocycles. The van der Waals surface area contributed by atoms with Gasteiger partial charge in [-0.1, -0.05) is 103 Å². The first-order chi connectivity index (χ1) is 14.3. The normalized spacial score (nSPS) is 12.3. The third-order valence-corrected chi connectivity index (χ3v) is 5.16. The standard InChI is InChI=1S/C14H28O2.C9H22N2O3/c1-2-3-4-5-6-7-8-9-10-11-12-13-14(15)16;1-3-5-6-7-10-9(4-2)8-11(12,13)14/h2-13H2,1H3,(H,15,16);9-10,12-13H,3-8H2,1-2H3. The van der Waals surface area contributed by atoms with Gasteiger partial charge in [0.2, 0.25) is 0 Å². The molecule has 0 saturated heterocycles. The minimum atomic E-state index is -2.20. The summed E-state index contributed by atoms with van der Waals surface area (Å²) in [4.78, 5) is 8.06. The van der Waals surface area contributed by atoms with E-state index in [0.717, 1.165) is 45.1 Å². The Morgan fingerprint density at radius 1 is 0.800 bits per heavy atom. The number of hydroxylamine groups is 3. The van der Waals surface area contributed by atoms with E-state index in [1.165, 1.54) is 57.8 Å². The van der Waals surface area contributed by atoms with Gasteiger partial charge < -0.3 is 15.6 Å². The Kier molecular flexibility index (Phi) is 24.1. The lowest BCUT2D eigenvalue weighted by molar-refractivity contribution is -1.21. The average molecular weight is 435 g/mol. The van der Waals surface area contributed by atoms with Gasteiger partial charge in [-0.3, -0.25) is 4.79 Å². The van der Waals surface area contributed by atoms with E-state index in [2.05, 4.69) is 19.2 Å². The molecule has 30 heavy (non-hydrogen) atoms. The van der Waals surface area contributed by atoms with E-state index in [1.54, 1.807) is 0 Å². The number of quaternary nitrogens is 1. The minimum Gasteiger partial charge on any atom is -0.564 e. The molecule has 0 aromatic rings. The summed E-state index contributed by atoms with van der Waals surface area (Å²) in [5, 5.41) is 39.4. The molecule has 0 aliphatic carbocycles. The molecular weight excluding hydrogens is 384 g/mol. The first kappa shape index (κ1) is 31.5. The largest absolute Gasteiger partial charge is 0.564 e. The second kappa shape index (κ2) is 22.9. The predicted octanol–water partition coefficient (Wildman–Crippen LogP) is 6.41. The Morgan fingerprint density at radius 3 is 1.63 bits per heavy atom. The van der Waals surface area contributed by atoms with Crippen LogP contribution in [0.25, 0.3) is 0 Å². The van der Waals surface area contributed by atoms with Gasteiger partial charge in [0, 0.05) is 6.42 Å². The van der Waals surface area contributed by atoms with Crippen LogP contribution < -0.4 is 5.32 Å². The number of hydrogen-bond donors (Lipinski definition) is 4. The second-order valence-corrected chi connectivity index (χ2v) is 8.29. The molecule has 0 aliphatic rings. The summed E-state index contributed by atoms with van der Waals surface area (Å²) in [7, 11) is 0. The van der Waals surface area contributed by atoms with Crippen molar-refractivity contribution in [2.24, 2.45) is 0 Å². The number of aliphatic carboxylic acids is 1. The van der Waals surface area contributed by atoms with Gasteiger partial charge in [-0.25, -0.2) is 0 Å². The summed E-state index contributed by atoms with van der Waals surface area (Å²) in [6.45, 7) is 6.89. The molecule has 0 aliphatic heterocycles. The highest BCUT2D eigenvalue weighted by Crippen LogP contribution is 2.11. The second-order valence-electron chi connectivity index (χ2n) is 8.29. The number of rotatable bonds is 20. The molecule has 0 saturated carbocycles. The van der Waals surface area contributed by atoms with Crippen LogP contribution in [-0.2, 0) is 4.79 Å². The molecule has 0 fully saturated rings. The van der Waals surface area contributed by atoms with E-state index < -0.39 is 10.9 Å². The molecule has 0 rings (SSSR count). The fourth-order valence-corrected chi connectivity index (χ4v) is 3.25. The van der Waals surface area contributed by atoms with Gasteiger partial charge in [-0.2, -0.15) is 10.4 Å². The fourth-order valence-electron chi connectivity index (χ4n) is 3.25. The van der Waals surface area contributed by atoms with Crippen LogP contribution in [0.3, 0.4) is 0 Å². The van der Waals surface area contributed by atoms with Crippen molar-refractivity contribution in [2.75, 3.05) is 13.1 Å². The van der Waals surface area contributed by atoms with Crippen LogP contribution in [-0.4, -0.2) is 45.6 Å². The van der Waals surface area contributed by atoms with Crippen LogP contribution in [0.4, 0.5) is 0 Å². The molecule has 1 atom stereocenters. The summed E-state index contributed by atoms with van der Waals surface area (Å²) in [5.41, 5.74) is 0. The van der Waals surface area contributed by atoms with E-state index in [4.69, 9.17) is 15.5 Å². The lowest BCUT2D eigenvalue weighted by Gasteiger charge is -2.28. The van der Waals surface area contributed by atoms with Crippen LogP contribution in [0, 0.1) is 5.21 Å². The van der Waals surface area contributed by atoms with E-state index in [-0.39, 0.29) is 12.6 Å². The third-order valence-electron chi connectivity index (χ3n) is 5.16. The molecule has 7 nitrogen and oxygen atoms in total. The molecule has 0 heterocycles. The summed E-state index contributed by atoms with van der Waals surface area (Å²) in [5.74, 6) is -0.657.